The van der Waals surface area contributed by atoms with Crippen molar-refractivity contribution in [2.75, 3.05) is 57.9 Å². The zero-order chi connectivity index (χ0) is 16.9. The second kappa shape index (κ2) is 7.77. The van der Waals surface area contributed by atoms with Gasteiger partial charge in [-0.3, -0.25) is 14.5 Å². The second-order valence-corrected chi connectivity index (χ2v) is 6.38. The highest BCUT2D eigenvalue weighted by Crippen LogP contribution is 2.22. The third-order valence-corrected chi connectivity index (χ3v) is 4.68. The molecule has 0 radical (unpaired) electrons. The Kier molecular flexibility index (Phi) is 5.48. The Morgan fingerprint density at radius 3 is 2.75 bits per heavy atom. The van der Waals surface area contributed by atoms with Gasteiger partial charge in [-0.2, -0.15) is 0 Å². The van der Waals surface area contributed by atoms with Crippen LogP contribution >= 0.6 is 0 Å². The summed E-state index contributed by atoms with van der Waals surface area (Å²) in [6, 6.07) is 7.39. The number of likely N-dealkylation sites (N-methyl/N-ethyl adjacent to an activating group) is 1. The Hall–Kier alpha value is -1.92. The minimum atomic E-state index is -0.00300. The van der Waals surface area contributed by atoms with Crippen LogP contribution in [-0.2, 0) is 9.53 Å². The third kappa shape index (κ3) is 3.94. The molecule has 24 heavy (non-hydrogen) atoms. The zero-order valence-electron chi connectivity index (χ0n) is 14.2. The van der Waals surface area contributed by atoms with E-state index in [1.54, 1.807) is 9.80 Å². The third-order valence-electron chi connectivity index (χ3n) is 4.68. The zero-order valence-corrected chi connectivity index (χ0v) is 14.2. The number of amides is 2. The molecule has 0 spiro atoms. The summed E-state index contributed by atoms with van der Waals surface area (Å²) in [6.45, 7) is 5.67. The number of morpholine rings is 1. The largest absolute Gasteiger partial charge is 0.379 e. The second-order valence-electron chi connectivity index (χ2n) is 6.38. The van der Waals surface area contributed by atoms with E-state index in [1.165, 1.54) is 0 Å². The number of carbonyl (C=O) groups is 2. The lowest BCUT2D eigenvalue weighted by molar-refractivity contribution is -0.117. The van der Waals surface area contributed by atoms with Crippen molar-refractivity contribution in [1.29, 1.82) is 0 Å². The number of rotatable bonds is 5. The first-order valence-corrected chi connectivity index (χ1v) is 8.61. The maximum atomic E-state index is 12.6. The molecular weight excluding hydrogens is 306 g/mol. The Labute approximate surface area is 143 Å². The van der Waals surface area contributed by atoms with E-state index >= 15 is 0 Å². The molecule has 2 saturated heterocycles. The van der Waals surface area contributed by atoms with Crippen molar-refractivity contribution >= 4 is 17.5 Å². The van der Waals surface area contributed by atoms with E-state index in [0.29, 0.717) is 18.5 Å². The average molecular weight is 331 g/mol. The van der Waals surface area contributed by atoms with E-state index in [2.05, 4.69) is 4.90 Å². The molecular formula is C18H25N3O3. The Balaban J connectivity index is 1.60. The molecule has 2 aliphatic heterocycles. The molecule has 0 bridgehead atoms. The van der Waals surface area contributed by atoms with Crippen LogP contribution in [0.2, 0.25) is 0 Å². The molecule has 6 heteroatoms. The van der Waals surface area contributed by atoms with Gasteiger partial charge in [0.15, 0.2) is 0 Å². The first-order valence-electron chi connectivity index (χ1n) is 8.61. The predicted molar refractivity (Wildman–Crippen MR) is 92.2 cm³/mol. The molecule has 0 aromatic heterocycles. The van der Waals surface area contributed by atoms with Gasteiger partial charge in [0.2, 0.25) is 5.91 Å². The van der Waals surface area contributed by atoms with E-state index in [9.17, 15) is 9.59 Å². The first-order chi connectivity index (χ1) is 11.6. The highest BCUT2D eigenvalue weighted by molar-refractivity contribution is 5.99. The quantitative estimate of drug-likeness (QED) is 0.814. The van der Waals surface area contributed by atoms with Crippen LogP contribution in [0.3, 0.4) is 0 Å². The van der Waals surface area contributed by atoms with Crippen LogP contribution in [0, 0.1) is 0 Å². The number of benzene rings is 1. The van der Waals surface area contributed by atoms with Crippen molar-refractivity contribution in [3.05, 3.63) is 29.8 Å². The normalized spacial score (nSPS) is 18.9. The summed E-state index contributed by atoms with van der Waals surface area (Å²) in [5.74, 6) is 0.136. The van der Waals surface area contributed by atoms with Crippen LogP contribution in [0.5, 0.6) is 0 Å². The number of hydrogen-bond donors (Lipinski definition) is 0. The number of carbonyl (C=O) groups excluding carboxylic acids is 2. The van der Waals surface area contributed by atoms with Gasteiger partial charge < -0.3 is 14.5 Å². The van der Waals surface area contributed by atoms with E-state index in [4.69, 9.17) is 4.74 Å². The van der Waals surface area contributed by atoms with Crippen LogP contribution in [-0.4, -0.2) is 74.6 Å². The maximum Gasteiger partial charge on any atom is 0.253 e. The summed E-state index contributed by atoms with van der Waals surface area (Å²) in [6.07, 6.45) is 1.48. The lowest BCUT2D eigenvalue weighted by Gasteiger charge is -2.28. The van der Waals surface area contributed by atoms with E-state index in [-0.39, 0.29) is 11.8 Å². The average Bonchev–Trinajstić information content (AvgIpc) is 3.06. The van der Waals surface area contributed by atoms with Crippen molar-refractivity contribution in [1.82, 2.24) is 9.80 Å². The fourth-order valence-electron chi connectivity index (χ4n) is 3.17. The van der Waals surface area contributed by atoms with Crippen LogP contribution in [0.1, 0.15) is 23.2 Å². The lowest BCUT2D eigenvalue weighted by atomic mass is 10.1. The van der Waals surface area contributed by atoms with Crippen LogP contribution in [0.15, 0.2) is 24.3 Å². The molecule has 0 N–H and O–H groups in total. The molecule has 0 aliphatic carbocycles. The highest BCUT2D eigenvalue weighted by Gasteiger charge is 2.23. The van der Waals surface area contributed by atoms with Crippen molar-refractivity contribution in [3.8, 4) is 0 Å². The number of ether oxygens (including phenoxy) is 1. The predicted octanol–water partition coefficient (Wildman–Crippen LogP) is 1.22. The number of anilines is 1. The van der Waals surface area contributed by atoms with Gasteiger partial charge in [-0.15, -0.1) is 0 Å². The molecule has 0 saturated carbocycles. The Bertz CT molecular complexity index is 599. The summed E-state index contributed by atoms with van der Waals surface area (Å²) >= 11 is 0. The molecule has 6 nitrogen and oxygen atoms in total. The summed E-state index contributed by atoms with van der Waals surface area (Å²) in [4.78, 5) is 30.4. The minimum Gasteiger partial charge on any atom is -0.379 e. The van der Waals surface area contributed by atoms with Gasteiger partial charge in [-0.25, -0.2) is 0 Å². The monoisotopic (exact) mass is 331 g/mol. The number of nitrogens with zero attached hydrogens (tertiary/aromatic N) is 3. The van der Waals surface area contributed by atoms with Gasteiger partial charge in [0, 0.05) is 57.4 Å². The molecule has 2 fully saturated rings. The van der Waals surface area contributed by atoms with Gasteiger partial charge in [0.05, 0.1) is 13.2 Å². The molecule has 0 unspecified atom stereocenters. The molecule has 0 atom stereocenters. The van der Waals surface area contributed by atoms with Crippen molar-refractivity contribution in [3.63, 3.8) is 0 Å². The maximum absolute atomic E-state index is 12.6. The summed E-state index contributed by atoms with van der Waals surface area (Å²) in [5.41, 5.74) is 1.46. The topological polar surface area (TPSA) is 53.1 Å². The smallest absolute Gasteiger partial charge is 0.253 e. The van der Waals surface area contributed by atoms with Gasteiger partial charge >= 0.3 is 0 Å². The fourth-order valence-corrected chi connectivity index (χ4v) is 3.17. The van der Waals surface area contributed by atoms with Gasteiger partial charge in [-0.1, -0.05) is 6.07 Å². The van der Waals surface area contributed by atoms with Gasteiger partial charge in [0.25, 0.3) is 5.91 Å². The van der Waals surface area contributed by atoms with Gasteiger partial charge in [0.1, 0.15) is 0 Å². The van der Waals surface area contributed by atoms with Crippen LogP contribution < -0.4 is 4.90 Å². The SMILES string of the molecule is CN(CCN1CCOCC1)C(=O)c1cccc(N2CCCC2=O)c1. The standard InChI is InChI=1S/C18H25N3O3/c1-19(8-9-20-10-12-24-13-11-20)18(23)15-4-2-5-16(14-15)21-7-3-6-17(21)22/h2,4-5,14H,3,6-13H2,1H3. The van der Waals surface area contributed by atoms with E-state index in [0.717, 1.165) is 51.5 Å². The Morgan fingerprint density at radius 1 is 1.25 bits per heavy atom. The lowest BCUT2D eigenvalue weighted by Crippen LogP contribution is -2.41. The molecule has 3 rings (SSSR count). The van der Waals surface area contributed by atoms with Crippen molar-refractivity contribution in [2.24, 2.45) is 0 Å². The van der Waals surface area contributed by atoms with E-state index in [1.807, 2.05) is 31.3 Å². The molecule has 1 aromatic rings. The summed E-state index contributed by atoms with van der Waals surface area (Å²) in [7, 11) is 1.83. The van der Waals surface area contributed by atoms with Crippen LogP contribution in [0.4, 0.5) is 5.69 Å². The highest BCUT2D eigenvalue weighted by atomic mass is 16.5. The number of hydrogen-bond acceptors (Lipinski definition) is 4. The molecule has 2 aliphatic rings. The van der Waals surface area contributed by atoms with Crippen molar-refractivity contribution in [2.45, 2.75) is 12.8 Å². The van der Waals surface area contributed by atoms with E-state index < -0.39 is 0 Å². The minimum absolute atomic E-state index is 0.00300. The molecule has 1 aromatic carbocycles. The summed E-state index contributed by atoms with van der Waals surface area (Å²) in [5, 5.41) is 0. The summed E-state index contributed by atoms with van der Waals surface area (Å²) < 4.78 is 5.34. The van der Waals surface area contributed by atoms with Crippen LogP contribution in [0.25, 0.3) is 0 Å². The van der Waals surface area contributed by atoms with Gasteiger partial charge in [-0.05, 0) is 24.6 Å². The first kappa shape index (κ1) is 16.9. The molecule has 130 valence electrons. The van der Waals surface area contributed by atoms with Crippen molar-refractivity contribution < 1.29 is 14.3 Å². The molecule has 2 heterocycles. The Morgan fingerprint density at radius 2 is 2.04 bits per heavy atom. The fraction of sp³-hybridized carbons (Fsp3) is 0.556. The molecule has 2 amide bonds.